The first-order chi connectivity index (χ1) is 13.5. The van der Waals surface area contributed by atoms with Gasteiger partial charge in [0.25, 0.3) is 0 Å². The molecule has 0 saturated heterocycles. The van der Waals surface area contributed by atoms with Crippen LogP contribution in [0.25, 0.3) is 6.08 Å². The summed E-state index contributed by atoms with van der Waals surface area (Å²) >= 11 is 0. The largest absolute Gasteiger partial charge is 0.534 e. The zero-order chi connectivity index (χ0) is 21.1. The number of allylic oxidation sites excluding steroid dienone is 1. The summed E-state index contributed by atoms with van der Waals surface area (Å²) in [7, 11) is -5.99. The first-order valence-electron chi connectivity index (χ1n) is 8.52. The lowest BCUT2D eigenvalue weighted by Gasteiger charge is -2.33. The van der Waals surface area contributed by atoms with Crippen LogP contribution in [0.3, 0.4) is 0 Å². The number of carbonyl (C=O) groups excluding carboxylic acids is 2. The van der Waals surface area contributed by atoms with E-state index in [9.17, 15) is 31.2 Å². The minimum absolute atomic E-state index is 0.159. The van der Waals surface area contributed by atoms with Gasteiger partial charge in [0.15, 0.2) is 17.3 Å². The van der Waals surface area contributed by atoms with Gasteiger partial charge in [0.05, 0.1) is 17.4 Å². The Labute approximate surface area is 163 Å². The van der Waals surface area contributed by atoms with Crippen molar-refractivity contribution in [3.8, 4) is 5.75 Å². The van der Waals surface area contributed by atoms with Gasteiger partial charge in [-0.15, -0.1) is 0 Å². The van der Waals surface area contributed by atoms with Crippen LogP contribution in [0.1, 0.15) is 43.3 Å². The summed E-state index contributed by atoms with van der Waals surface area (Å²) in [5.74, 6) is -3.73. The quantitative estimate of drug-likeness (QED) is 0.540. The first-order valence-corrected chi connectivity index (χ1v) is 9.93. The van der Waals surface area contributed by atoms with Crippen molar-refractivity contribution in [3.63, 3.8) is 0 Å². The lowest BCUT2D eigenvalue weighted by molar-refractivity contribution is -0.0500. The second kappa shape index (κ2) is 6.28. The van der Waals surface area contributed by atoms with Gasteiger partial charge in [0, 0.05) is 5.56 Å². The van der Waals surface area contributed by atoms with E-state index in [-0.39, 0.29) is 5.56 Å². The number of benzene rings is 2. The third kappa shape index (κ3) is 2.96. The van der Waals surface area contributed by atoms with Gasteiger partial charge in [-0.2, -0.15) is 21.6 Å². The molecular weight excluding hydrogens is 409 g/mol. The molecular formula is C20H13F3O5S. The van der Waals surface area contributed by atoms with Gasteiger partial charge in [0.1, 0.15) is 0 Å². The van der Waals surface area contributed by atoms with Crippen molar-refractivity contribution in [3.05, 3.63) is 70.3 Å². The molecule has 150 valence electrons. The molecule has 0 bridgehead atoms. The Morgan fingerprint density at radius 3 is 2.45 bits per heavy atom. The van der Waals surface area contributed by atoms with Gasteiger partial charge in [0.2, 0.25) is 0 Å². The molecule has 2 aliphatic carbocycles. The minimum Gasteiger partial charge on any atom is -0.375 e. The number of rotatable bonds is 2. The van der Waals surface area contributed by atoms with Crippen molar-refractivity contribution < 1.29 is 35.4 Å². The van der Waals surface area contributed by atoms with Gasteiger partial charge < -0.3 is 4.18 Å². The maximum Gasteiger partial charge on any atom is 0.534 e. The van der Waals surface area contributed by atoms with Crippen molar-refractivity contribution in [2.24, 2.45) is 5.92 Å². The number of Topliss-reactive ketones (excluding diaryl/α,β-unsaturated/α-hetero) is 2. The summed E-state index contributed by atoms with van der Waals surface area (Å²) in [6.07, 6.45) is 3.19. The van der Waals surface area contributed by atoms with E-state index in [1.165, 1.54) is 18.2 Å². The number of ketones is 2. The van der Waals surface area contributed by atoms with E-state index in [4.69, 9.17) is 0 Å². The molecule has 0 saturated carbocycles. The van der Waals surface area contributed by atoms with Crippen LogP contribution in [0.2, 0.25) is 0 Å². The highest BCUT2D eigenvalue weighted by Crippen LogP contribution is 2.45. The summed E-state index contributed by atoms with van der Waals surface area (Å²) in [5.41, 5.74) is -3.89. The van der Waals surface area contributed by atoms with Crippen LogP contribution >= 0.6 is 0 Å². The monoisotopic (exact) mass is 422 g/mol. The molecule has 9 heteroatoms. The molecule has 0 spiro atoms. The minimum atomic E-state index is -5.99. The van der Waals surface area contributed by atoms with E-state index in [2.05, 4.69) is 4.18 Å². The Hall–Kier alpha value is -2.94. The van der Waals surface area contributed by atoms with Gasteiger partial charge in [-0.05, 0) is 24.1 Å². The summed E-state index contributed by atoms with van der Waals surface area (Å²) in [4.78, 5) is 26.2. The fourth-order valence-corrected chi connectivity index (χ4v) is 4.21. The molecule has 0 N–H and O–H groups in total. The molecule has 2 aromatic carbocycles. The molecule has 29 heavy (non-hydrogen) atoms. The third-order valence-corrected chi connectivity index (χ3v) is 5.99. The van der Waals surface area contributed by atoms with Crippen molar-refractivity contribution in [1.29, 1.82) is 0 Å². The van der Waals surface area contributed by atoms with Crippen LogP contribution in [-0.2, 0) is 10.1 Å². The maximum atomic E-state index is 13.1. The molecule has 0 aliphatic heterocycles. The number of carbonyl (C=O) groups is 2. The van der Waals surface area contributed by atoms with Crippen molar-refractivity contribution in [2.75, 3.05) is 0 Å². The lowest BCUT2D eigenvalue weighted by Crippen LogP contribution is -2.36. The number of halogens is 3. The molecule has 2 aromatic rings. The van der Waals surface area contributed by atoms with E-state index < -0.39 is 50.3 Å². The number of hydrogen-bond donors (Lipinski definition) is 0. The van der Waals surface area contributed by atoms with E-state index in [0.717, 1.165) is 17.2 Å². The van der Waals surface area contributed by atoms with Crippen molar-refractivity contribution in [2.45, 2.75) is 18.3 Å². The lowest BCUT2D eigenvalue weighted by atomic mass is 9.67. The van der Waals surface area contributed by atoms with Crippen LogP contribution in [0.4, 0.5) is 13.2 Å². The number of fused-ring (bicyclic) bond motifs is 4. The molecule has 2 atom stereocenters. The van der Waals surface area contributed by atoms with Crippen molar-refractivity contribution >= 4 is 27.8 Å². The Morgan fingerprint density at radius 2 is 1.76 bits per heavy atom. The molecule has 2 unspecified atom stereocenters. The van der Waals surface area contributed by atoms with Crippen molar-refractivity contribution in [1.82, 2.24) is 0 Å². The average Bonchev–Trinajstić information content (AvgIpc) is 2.63. The molecule has 0 fully saturated rings. The van der Waals surface area contributed by atoms with Gasteiger partial charge in [-0.1, -0.05) is 48.0 Å². The zero-order valence-corrected chi connectivity index (χ0v) is 15.7. The van der Waals surface area contributed by atoms with E-state index in [1.807, 2.05) is 13.0 Å². The average molecular weight is 422 g/mol. The molecule has 0 amide bonds. The fourth-order valence-electron chi connectivity index (χ4n) is 3.74. The van der Waals surface area contributed by atoms with Gasteiger partial charge >= 0.3 is 15.6 Å². The SMILES string of the molecule is Cc1ccc2c(c1)C=CC1C(=O)c3c(OS(=O)(=O)C(F)(F)F)cccc3C(=O)C21. The van der Waals surface area contributed by atoms with Crippen LogP contribution in [-0.4, -0.2) is 25.5 Å². The summed E-state index contributed by atoms with van der Waals surface area (Å²) in [5, 5.41) is 0. The number of aryl methyl sites for hydroxylation is 1. The Balaban J connectivity index is 1.85. The van der Waals surface area contributed by atoms with Gasteiger partial charge in [-0.3, -0.25) is 9.59 Å². The second-order valence-electron chi connectivity index (χ2n) is 6.89. The smallest absolute Gasteiger partial charge is 0.375 e. The zero-order valence-electron chi connectivity index (χ0n) is 14.9. The maximum absolute atomic E-state index is 13.1. The highest BCUT2D eigenvalue weighted by molar-refractivity contribution is 7.88. The van der Waals surface area contributed by atoms with Crippen LogP contribution in [0.5, 0.6) is 5.75 Å². The topological polar surface area (TPSA) is 77.5 Å². The highest BCUT2D eigenvalue weighted by atomic mass is 32.2. The highest BCUT2D eigenvalue weighted by Gasteiger charge is 2.50. The molecule has 0 aromatic heterocycles. The number of hydrogen-bond acceptors (Lipinski definition) is 5. The summed E-state index contributed by atoms with van der Waals surface area (Å²) in [6.45, 7) is 1.88. The molecule has 4 rings (SSSR count). The standard InChI is InChI=1S/C20H13F3O5S/c1-10-5-7-12-11(9-10)6-8-14-16(12)18(24)13-3-2-4-15(17(13)19(14)25)28-29(26,27)20(21,22)23/h2-9,14,16H,1H3. The second-order valence-corrected chi connectivity index (χ2v) is 8.42. The summed E-state index contributed by atoms with van der Waals surface area (Å²) in [6, 6.07) is 8.81. The normalized spacial score (nSPS) is 20.7. The van der Waals surface area contributed by atoms with E-state index >= 15 is 0 Å². The molecule has 2 aliphatic rings. The Morgan fingerprint density at radius 1 is 1.03 bits per heavy atom. The van der Waals surface area contributed by atoms with Crippen LogP contribution in [0.15, 0.2) is 42.5 Å². The van der Waals surface area contributed by atoms with E-state index in [0.29, 0.717) is 5.56 Å². The predicted molar refractivity (Wildman–Crippen MR) is 97.1 cm³/mol. The first kappa shape index (κ1) is 19.4. The third-order valence-electron chi connectivity index (χ3n) is 5.03. The Kier molecular flexibility index (Phi) is 4.20. The molecule has 0 heterocycles. The van der Waals surface area contributed by atoms with Crippen LogP contribution < -0.4 is 4.18 Å². The fraction of sp³-hybridized carbons (Fsp3) is 0.200. The predicted octanol–water partition coefficient (Wildman–Crippen LogP) is 4.03. The summed E-state index contributed by atoms with van der Waals surface area (Å²) < 4.78 is 65.2. The Bertz CT molecular complexity index is 1200. The molecule has 0 radical (unpaired) electrons. The van der Waals surface area contributed by atoms with Crippen LogP contribution in [0, 0.1) is 12.8 Å². The number of alkyl halides is 3. The van der Waals surface area contributed by atoms with E-state index in [1.54, 1.807) is 18.2 Å². The van der Waals surface area contributed by atoms with Gasteiger partial charge in [-0.25, -0.2) is 0 Å². The molecule has 5 nitrogen and oxygen atoms in total.